The number of carbonyl (C=O) groups excluding carboxylic acids is 3. The average molecular weight is 1240 g/mol. The van der Waals surface area contributed by atoms with Crippen LogP contribution >= 0.6 is 0 Å². The number of carboxylic acid groups (broad SMARTS) is 1. The molecule has 0 saturated heterocycles. The number of likely N-dealkylation sites (N-methyl/N-ethyl adjacent to an activating group) is 1. The second-order valence-corrected chi connectivity index (χ2v) is 25.8. The molecule has 2 atom stereocenters. The third-order valence-corrected chi connectivity index (χ3v) is 16.0. The van der Waals surface area contributed by atoms with Gasteiger partial charge in [0.05, 0.1) is 40.3 Å². The molecule has 0 spiro atoms. The Labute approximate surface area is 549 Å². The molecule has 0 aliphatic heterocycles. The van der Waals surface area contributed by atoms with Crippen LogP contribution in [-0.4, -0.2) is 82.3 Å². The van der Waals surface area contributed by atoms with E-state index in [9.17, 15) is 19.5 Å². The molecule has 0 radical (unpaired) electrons. The molecule has 0 fully saturated rings. The summed E-state index contributed by atoms with van der Waals surface area (Å²) >= 11 is 0. The number of esters is 2. The molecule has 0 rings (SSSR count). The first-order valence-corrected chi connectivity index (χ1v) is 37.0. The number of nitrogens with zero attached hydrogens (tertiary/aromatic N) is 1. The van der Waals surface area contributed by atoms with Crippen molar-refractivity contribution in [2.45, 2.75) is 334 Å². The van der Waals surface area contributed by atoms with Crippen LogP contribution in [0.4, 0.5) is 0 Å². The van der Waals surface area contributed by atoms with E-state index < -0.39 is 24.3 Å². The van der Waals surface area contributed by atoms with Gasteiger partial charge in [-0.15, -0.1) is 0 Å². The van der Waals surface area contributed by atoms with Gasteiger partial charge in [0, 0.05) is 12.8 Å². The minimum Gasteiger partial charge on any atom is -0.545 e. The van der Waals surface area contributed by atoms with Gasteiger partial charge in [-0.2, -0.15) is 0 Å². The summed E-state index contributed by atoms with van der Waals surface area (Å²) < 4.78 is 22.8. The van der Waals surface area contributed by atoms with Gasteiger partial charge in [0.2, 0.25) is 0 Å². The van der Waals surface area contributed by atoms with Crippen LogP contribution in [0, 0.1) is 0 Å². The summed E-state index contributed by atoms with van der Waals surface area (Å²) in [4.78, 5) is 37.5. The van der Waals surface area contributed by atoms with Crippen molar-refractivity contribution < 1.29 is 42.9 Å². The molecular weight excluding hydrogens is 1100 g/mol. The highest BCUT2D eigenvalue weighted by Gasteiger charge is 2.22. The largest absolute Gasteiger partial charge is 0.545 e. The molecule has 0 N–H and O–H groups in total. The molecule has 0 aromatic heterocycles. The summed E-state index contributed by atoms with van der Waals surface area (Å²) in [5, 5.41) is 11.8. The average Bonchev–Trinajstić information content (AvgIpc) is 3.64. The Morgan fingerprint density at radius 3 is 0.899 bits per heavy atom. The Morgan fingerprint density at radius 1 is 0.337 bits per heavy atom. The van der Waals surface area contributed by atoms with Gasteiger partial charge in [-0.25, -0.2) is 0 Å². The number of ether oxygens (including phenoxy) is 4. The van der Waals surface area contributed by atoms with E-state index in [1.807, 2.05) is 21.1 Å². The summed E-state index contributed by atoms with van der Waals surface area (Å²) in [6, 6.07) is 0. The Morgan fingerprint density at radius 2 is 0.607 bits per heavy atom. The molecule has 9 heteroatoms. The lowest BCUT2D eigenvalue weighted by Crippen LogP contribution is -2.44. The number of allylic oxidation sites excluding steroid dienone is 18. The number of carboxylic acids is 1. The van der Waals surface area contributed by atoms with Crippen LogP contribution in [0.3, 0.4) is 0 Å². The predicted molar refractivity (Wildman–Crippen MR) is 380 cm³/mol. The molecule has 9 nitrogen and oxygen atoms in total. The van der Waals surface area contributed by atoms with E-state index in [2.05, 4.69) is 123 Å². The third-order valence-electron chi connectivity index (χ3n) is 16.0. The second kappa shape index (κ2) is 69.8. The quantitative estimate of drug-likeness (QED) is 0.0195. The number of aliphatic carboxylic acids is 1. The Kier molecular flexibility index (Phi) is 66.7. The van der Waals surface area contributed by atoms with Crippen molar-refractivity contribution in [3.63, 3.8) is 0 Å². The van der Waals surface area contributed by atoms with Gasteiger partial charge in [0.15, 0.2) is 12.4 Å². The second-order valence-electron chi connectivity index (χ2n) is 25.8. The van der Waals surface area contributed by atoms with Crippen molar-refractivity contribution >= 4 is 17.9 Å². The first-order chi connectivity index (χ1) is 43.6. The van der Waals surface area contributed by atoms with Crippen molar-refractivity contribution in [1.29, 1.82) is 0 Å². The highest BCUT2D eigenvalue weighted by Crippen LogP contribution is 2.18. The number of quaternary nitrogens is 1. The molecule has 0 heterocycles. The Balaban J connectivity index is 4.03. The molecule has 0 aliphatic carbocycles. The zero-order chi connectivity index (χ0) is 64.7. The SMILES string of the molecule is CC/C=C\C/C=C\C/C=C\C/C=C\C/C=C\CCCCCCCCCCCCCC(=O)OC(COC(=O)CCCCCCCCCCCCCCCCCCCCCCCCCC/C=C\C/C=C\C/C=C\C/C=C\CC)COC(OCC[N+](C)(C)C)C(=O)[O-]. The van der Waals surface area contributed by atoms with Crippen molar-refractivity contribution in [1.82, 2.24) is 0 Å². The number of hydrogen-bond donors (Lipinski definition) is 0. The molecule has 0 amide bonds. The lowest BCUT2D eigenvalue weighted by molar-refractivity contribution is -0.870. The topological polar surface area (TPSA) is 111 Å². The van der Waals surface area contributed by atoms with Gasteiger partial charge >= 0.3 is 11.9 Å². The Bertz CT molecular complexity index is 1830. The maximum absolute atomic E-state index is 12.9. The van der Waals surface area contributed by atoms with Crippen molar-refractivity contribution in [3.8, 4) is 0 Å². The number of rotatable bonds is 68. The van der Waals surface area contributed by atoms with E-state index in [0.29, 0.717) is 23.9 Å². The van der Waals surface area contributed by atoms with Crippen LogP contribution in [0.1, 0.15) is 322 Å². The highest BCUT2D eigenvalue weighted by molar-refractivity contribution is 5.70. The minimum atomic E-state index is -1.63. The standard InChI is InChI=1S/C80H139NO8/c1-6-8-10-12-14-16-18-20-22-24-26-28-30-32-34-35-36-37-38-39-40-41-42-43-45-46-48-50-52-54-56-58-60-62-64-66-68-70-77(82)87-74-76(75-88-80(79(84)85)86-73-72-81(3,4)5)89-78(83)71-69-67-65-63-61-59-57-55-53-51-49-47-44-33-31-29-27-25-23-21-19-17-15-13-11-9-7-2/h8-11,14-17,20-23,26-29,33,44,76,80H,6-7,12-13,18-19,24-25,30-32,34-43,45-75H2,1-5H3/b10-8-,11-9-,16-14-,17-15-,22-20-,23-21-,28-26-,29-27-,44-33-. The van der Waals surface area contributed by atoms with Crippen LogP contribution in [0.2, 0.25) is 0 Å². The smallest absolute Gasteiger partial charge is 0.306 e. The fourth-order valence-electron chi connectivity index (χ4n) is 10.4. The minimum absolute atomic E-state index is 0.145. The zero-order valence-electron chi connectivity index (χ0n) is 58.5. The van der Waals surface area contributed by atoms with Gasteiger partial charge in [0.1, 0.15) is 13.2 Å². The molecule has 0 aromatic carbocycles. The van der Waals surface area contributed by atoms with Crippen LogP contribution in [0.25, 0.3) is 0 Å². The molecular formula is C80H139NO8. The lowest BCUT2D eigenvalue weighted by atomic mass is 10.0. The fraction of sp³-hybridized carbons (Fsp3) is 0.738. The van der Waals surface area contributed by atoms with E-state index in [0.717, 1.165) is 103 Å². The first-order valence-electron chi connectivity index (χ1n) is 37.0. The first kappa shape index (κ1) is 85.0. The summed E-state index contributed by atoms with van der Waals surface area (Å²) in [6.07, 6.45) is 94.7. The normalized spacial score (nSPS) is 13.3. The predicted octanol–water partition coefficient (Wildman–Crippen LogP) is 22.0. The van der Waals surface area contributed by atoms with Crippen molar-refractivity contribution in [2.24, 2.45) is 0 Å². The number of carbonyl (C=O) groups is 3. The summed E-state index contributed by atoms with van der Waals surface area (Å²) in [6.45, 7) is 4.55. The maximum Gasteiger partial charge on any atom is 0.306 e. The molecule has 0 bridgehead atoms. The summed E-state index contributed by atoms with van der Waals surface area (Å²) in [5.74, 6) is -2.28. The van der Waals surface area contributed by atoms with E-state index in [-0.39, 0.29) is 32.2 Å². The summed E-state index contributed by atoms with van der Waals surface area (Å²) in [5.41, 5.74) is 0. The molecule has 512 valence electrons. The van der Waals surface area contributed by atoms with E-state index >= 15 is 0 Å². The van der Waals surface area contributed by atoms with Gasteiger partial charge in [0.25, 0.3) is 0 Å². The van der Waals surface area contributed by atoms with Gasteiger partial charge in [-0.3, -0.25) is 9.59 Å². The number of hydrogen-bond acceptors (Lipinski definition) is 8. The van der Waals surface area contributed by atoms with Gasteiger partial charge in [-0.1, -0.05) is 322 Å². The molecule has 0 saturated carbocycles. The van der Waals surface area contributed by atoms with E-state index in [4.69, 9.17) is 18.9 Å². The molecule has 89 heavy (non-hydrogen) atoms. The van der Waals surface area contributed by atoms with Crippen LogP contribution in [-0.2, 0) is 33.3 Å². The van der Waals surface area contributed by atoms with E-state index in [1.54, 1.807) is 0 Å². The van der Waals surface area contributed by atoms with E-state index in [1.165, 1.54) is 186 Å². The molecule has 0 aliphatic rings. The maximum atomic E-state index is 12.9. The lowest BCUT2D eigenvalue weighted by Gasteiger charge is -2.26. The van der Waals surface area contributed by atoms with Crippen LogP contribution in [0.15, 0.2) is 109 Å². The van der Waals surface area contributed by atoms with Gasteiger partial charge < -0.3 is 33.3 Å². The zero-order valence-corrected chi connectivity index (χ0v) is 58.5. The van der Waals surface area contributed by atoms with Crippen molar-refractivity contribution in [3.05, 3.63) is 109 Å². The monoisotopic (exact) mass is 1240 g/mol. The summed E-state index contributed by atoms with van der Waals surface area (Å²) in [7, 11) is 5.93. The van der Waals surface area contributed by atoms with Gasteiger partial charge in [-0.05, 0) is 96.3 Å². The third kappa shape index (κ3) is 71.3. The van der Waals surface area contributed by atoms with Crippen LogP contribution < -0.4 is 5.11 Å². The van der Waals surface area contributed by atoms with Crippen molar-refractivity contribution in [2.75, 3.05) is 47.5 Å². The molecule has 2 unspecified atom stereocenters. The Hall–Kier alpha value is -4.05. The fourth-order valence-corrected chi connectivity index (χ4v) is 10.4. The highest BCUT2D eigenvalue weighted by atomic mass is 16.7. The van der Waals surface area contributed by atoms with Crippen LogP contribution in [0.5, 0.6) is 0 Å². The molecule has 0 aromatic rings. The number of unbranched alkanes of at least 4 members (excludes halogenated alkanes) is 35.